The molecule has 8 heteroatoms. The van der Waals surface area contributed by atoms with Crippen LogP contribution in [0.4, 0.5) is 0 Å². The molecule has 3 aromatic carbocycles. The van der Waals surface area contributed by atoms with Gasteiger partial charge < -0.3 is 0 Å². The Hall–Kier alpha value is -3.85. The molecule has 2 aliphatic heterocycles. The molecule has 0 amide bonds. The van der Waals surface area contributed by atoms with Crippen LogP contribution >= 0.6 is 7.26 Å². The van der Waals surface area contributed by atoms with Crippen LogP contribution in [0.3, 0.4) is 0 Å². The van der Waals surface area contributed by atoms with Crippen molar-refractivity contribution < 1.29 is 17.9 Å². The first-order chi connectivity index (χ1) is 23.7. The van der Waals surface area contributed by atoms with Gasteiger partial charge in [0.1, 0.15) is 0 Å². The second-order valence-corrected chi connectivity index (χ2v) is 16.7. The minimum atomic E-state index is -2.45. The molecule has 48 heavy (non-hydrogen) atoms. The number of rotatable bonds is 6. The fraction of sp³-hybridized carbons (Fsp3) is 0.175. The molecule has 7 rings (SSSR count). The zero-order chi connectivity index (χ0) is 32.9. The maximum absolute atomic E-state index is 4.86. The van der Waals surface area contributed by atoms with E-state index in [1.807, 2.05) is 13.0 Å². The van der Waals surface area contributed by atoms with Gasteiger partial charge in [0, 0.05) is 0 Å². The molecule has 0 radical (unpaired) electrons. The molecule has 4 aliphatic rings. The second kappa shape index (κ2) is 14.7. The summed E-state index contributed by atoms with van der Waals surface area (Å²) in [5, 5.41) is 4.96. The van der Waals surface area contributed by atoms with E-state index >= 15 is 0 Å². The summed E-state index contributed by atoms with van der Waals surface area (Å²) < 4.78 is 23.0. The first-order valence-electron chi connectivity index (χ1n) is 16.0. The standard InChI is InChI=1S/C40H33N4PS2.Os/c1-4-16-35-37-39(43-46-41-37)36(40-38(35)42-47-44-40)26-25-30(27-31-18-15-17-29(31)5-2)28(3)45(32-19-9-6-10-20-32,33-21-11-7-12-22-33)34-23-13-8-14-24-34;/h4-14,16,19-24,27,37,39H,15,17-18H2,1-2H3;/q+1;/b16-4+,29-5?,30-28?,31-27?;. The molecule has 237 valence electrons. The van der Waals surface area contributed by atoms with E-state index in [1.54, 1.807) is 17.9 Å². The van der Waals surface area contributed by atoms with Crippen LogP contribution in [0.15, 0.2) is 177 Å². The Morgan fingerprint density at radius 3 is 1.94 bits per heavy atom. The van der Waals surface area contributed by atoms with E-state index in [2.05, 4.69) is 132 Å². The Kier molecular flexibility index (Phi) is 10.0. The number of hydrogen-bond donors (Lipinski definition) is 0. The van der Waals surface area contributed by atoms with E-state index in [9.17, 15) is 0 Å². The van der Waals surface area contributed by atoms with Gasteiger partial charge in [-0.25, -0.2) is 0 Å². The topological polar surface area (TPSA) is 49.4 Å². The fourth-order valence-corrected chi connectivity index (χ4v) is 13.9. The van der Waals surface area contributed by atoms with E-state index < -0.39 is 7.26 Å². The van der Waals surface area contributed by atoms with Gasteiger partial charge in [-0.2, -0.15) is 0 Å². The average Bonchev–Trinajstić information content (AvgIpc) is 3.93. The van der Waals surface area contributed by atoms with E-state index in [-0.39, 0.29) is 12.1 Å². The van der Waals surface area contributed by atoms with Crippen LogP contribution in [0, 0.1) is 16.2 Å². The molecular weight excluding hydrogens is 822 g/mol. The zero-order valence-corrected chi connectivity index (χ0v) is 31.7. The van der Waals surface area contributed by atoms with Crippen molar-refractivity contribution >= 4 is 45.9 Å². The summed E-state index contributed by atoms with van der Waals surface area (Å²) >= 11 is 4.29. The third kappa shape index (κ3) is 5.88. The number of benzene rings is 3. The van der Waals surface area contributed by atoms with Crippen molar-refractivity contribution in [3.8, 4) is 16.2 Å². The summed E-state index contributed by atoms with van der Waals surface area (Å²) in [7, 11) is -2.45. The van der Waals surface area contributed by atoms with Crippen molar-refractivity contribution in [3.63, 3.8) is 0 Å². The Morgan fingerprint density at radius 1 is 0.771 bits per heavy atom. The van der Waals surface area contributed by atoms with Crippen LogP contribution in [0.1, 0.15) is 33.1 Å². The van der Waals surface area contributed by atoms with Crippen molar-refractivity contribution in [1.82, 2.24) is 0 Å². The predicted octanol–water partition coefficient (Wildman–Crippen LogP) is 8.56. The summed E-state index contributed by atoms with van der Waals surface area (Å²) in [5.74, 6) is 7.45. The molecule has 2 heterocycles. The Bertz CT molecular complexity index is 2120. The van der Waals surface area contributed by atoms with Gasteiger partial charge in [-0.1, -0.05) is 0 Å². The molecule has 0 aromatic heterocycles. The molecule has 1 saturated carbocycles. The predicted molar refractivity (Wildman–Crippen MR) is 200 cm³/mol. The van der Waals surface area contributed by atoms with Crippen molar-refractivity contribution in [3.05, 3.63) is 160 Å². The molecule has 2 atom stereocenters. The number of fused-ring (bicyclic) bond motifs is 2. The first kappa shape index (κ1) is 32.7. The van der Waals surface area contributed by atoms with Crippen molar-refractivity contribution in [1.29, 1.82) is 0 Å². The minimum absolute atomic E-state index is 0.128. The molecular formula is C40H33N4OsPS2+. The SMILES string of the molecule is CC=C1CCCC1=CC(C#CC1=C2N=S=NC2=C(/C=C/C)C2N=S=NC12)=C([C]#[Os])[P+](c1ccccc1)(c1ccccc1)c1ccccc1. The molecule has 3 aromatic rings. The van der Waals surface area contributed by atoms with Crippen molar-refractivity contribution in [2.75, 3.05) is 0 Å². The van der Waals surface area contributed by atoms with E-state index in [0.29, 0.717) is 0 Å². The van der Waals surface area contributed by atoms with Gasteiger partial charge in [-0.15, -0.1) is 0 Å². The third-order valence-corrected chi connectivity index (χ3v) is 15.6. The Balaban J connectivity index is 1.57. The molecule has 4 nitrogen and oxygen atoms in total. The van der Waals surface area contributed by atoms with Gasteiger partial charge in [0.15, 0.2) is 0 Å². The fourth-order valence-electron chi connectivity index (χ4n) is 6.84. The second-order valence-electron chi connectivity index (χ2n) is 11.6. The number of hydrogen-bond acceptors (Lipinski definition) is 4. The van der Waals surface area contributed by atoms with Gasteiger partial charge in [-0.3, -0.25) is 0 Å². The molecule has 0 saturated heterocycles. The quantitative estimate of drug-likeness (QED) is 0.177. The molecule has 2 unspecified atom stereocenters. The normalized spacial score (nSPS) is 21.9. The van der Waals surface area contributed by atoms with E-state index in [1.165, 1.54) is 49.8 Å². The molecule has 1 fully saturated rings. The van der Waals surface area contributed by atoms with Gasteiger partial charge in [0.2, 0.25) is 0 Å². The number of nitrogens with zero attached hydrogens (tertiary/aromatic N) is 4. The summed E-state index contributed by atoms with van der Waals surface area (Å²) in [6.45, 7) is 4.17. The maximum atomic E-state index is 4.86. The summed E-state index contributed by atoms with van der Waals surface area (Å²) in [6, 6.07) is 32.6. The van der Waals surface area contributed by atoms with E-state index in [4.69, 9.17) is 17.5 Å². The molecule has 2 aliphatic carbocycles. The van der Waals surface area contributed by atoms with Crippen LogP contribution in [0.2, 0.25) is 0 Å². The summed E-state index contributed by atoms with van der Waals surface area (Å²) in [4.78, 5) is 0. The molecule has 0 spiro atoms. The third-order valence-electron chi connectivity index (χ3n) is 9.01. The zero-order valence-electron chi connectivity index (χ0n) is 26.7. The van der Waals surface area contributed by atoms with Gasteiger partial charge in [0.05, 0.1) is 0 Å². The summed E-state index contributed by atoms with van der Waals surface area (Å²) in [5.41, 5.74) is 7.40. The van der Waals surface area contributed by atoms with Gasteiger partial charge >= 0.3 is 303 Å². The Morgan fingerprint density at radius 2 is 1.35 bits per heavy atom. The van der Waals surface area contributed by atoms with Gasteiger partial charge in [-0.05, 0) is 0 Å². The van der Waals surface area contributed by atoms with Crippen LogP contribution in [-0.2, 0) is 40.7 Å². The van der Waals surface area contributed by atoms with Gasteiger partial charge in [0.25, 0.3) is 0 Å². The monoisotopic (exact) mass is 856 g/mol. The van der Waals surface area contributed by atoms with Crippen LogP contribution in [0.25, 0.3) is 0 Å². The van der Waals surface area contributed by atoms with Crippen LogP contribution in [0.5, 0.6) is 0 Å². The molecule has 0 bridgehead atoms. The average molecular weight is 855 g/mol. The van der Waals surface area contributed by atoms with Crippen molar-refractivity contribution in [2.45, 2.75) is 45.2 Å². The van der Waals surface area contributed by atoms with Crippen LogP contribution < -0.4 is 15.9 Å². The summed E-state index contributed by atoms with van der Waals surface area (Å²) in [6.07, 6.45) is 12.0. The first-order valence-corrected chi connectivity index (χ1v) is 20.5. The molecule has 0 N–H and O–H groups in total. The van der Waals surface area contributed by atoms with Crippen molar-refractivity contribution in [2.24, 2.45) is 17.5 Å². The number of allylic oxidation sites excluding steroid dienone is 7. The van der Waals surface area contributed by atoms with E-state index in [0.717, 1.165) is 52.7 Å². The Labute approximate surface area is 300 Å². The van der Waals surface area contributed by atoms with Crippen LogP contribution in [-0.4, -0.2) is 12.1 Å².